The lowest BCUT2D eigenvalue weighted by atomic mass is 9.98. The molecule has 0 N–H and O–H groups in total. The molecule has 0 bridgehead atoms. The second-order valence-corrected chi connectivity index (χ2v) is 13.3. The third-order valence-electron chi connectivity index (χ3n) is 10.1. The molecular weight excluding hydrogens is 645 g/mol. The molecule has 248 valence electrons. The number of benzene rings is 8. The Labute approximate surface area is 307 Å². The molecule has 8 aromatic carbocycles. The first-order chi connectivity index (χ1) is 26.3. The minimum atomic E-state index is 0.634. The molecule has 0 unspecified atom stereocenters. The predicted molar refractivity (Wildman–Crippen MR) is 219 cm³/mol. The first-order valence-corrected chi connectivity index (χ1v) is 17.9. The van der Waals surface area contributed by atoms with Crippen LogP contribution in [0.15, 0.2) is 194 Å². The van der Waals surface area contributed by atoms with E-state index < -0.39 is 0 Å². The minimum Gasteiger partial charge on any atom is -0.309 e. The zero-order chi connectivity index (χ0) is 35.1. The molecule has 4 nitrogen and oxygen atoms in total. The van der Waals surface area contributed by atoms with Crippen LogP contribution in [-0.4, -0.2) is 19.5 Å². The summed E-state index contributed by atoms with van der Waals surface area (Å²) in [5.74, 6) is 1.91. The zero-order valence-corrected chi connectivity index (χ0v) is 28.8. The van der Waals surface area contributed by atoms with Crippen molar-refractivity contribution < 1.29 is 0 Å². The number of hydrogen-bond donors (Lipinski definition) is 0. The molecule has 2 aromatic heterocycles. The molecule has 0 amide bonds. The molecular formula is C49H32N4. The zero-order valence-electron chi connectivity index (χ0n) is 28.8. The van der Waals surface area contributed by atoms with Gasteiger partial charge >= 0.3 is 0 Å². The van der Waals surface area contributed by atoms with E-state index in [0.29, 0.717) is 17.5 Å². The highest BCUT2D eigenvalue weighted by atomic mass is 15.0. The summed E-state index contributed by atoms with van der Waals surface area (Å²) in [6.07, 6.45) is 0. The summed E-state index contributed by atoms with van der Waals surface area (Å²) in [7, 11) is 0. The average molecular weight is 677 g/mol. The van der Waals surface area contributed by atoms with Gasteiger partial charge in [0.2, 0.25) is 0 Å². The first-order valence-electron chi connectivity index (χ1n) is 17.9. The molecule has 0 spiro atoms. The van der Waals surface area contributed by atoms with Gasteiger partial charge in [-0.3, -0.25) is 0 Å². The molecule has 4 heteroatoms. The molecule has 0 aliphatic heterocycles. The molecule has 0 atom stereocenters. The predicted octanol–water partition coefficient (Wildman–Crippen LogP) is 12.5. The van der Waals surface area contributed by atoms with E-state index in [4.69, 9.17) is 15.0 Å². The van der Waals surface area contributed by atoms with Crippen molar-refractivity contribution >= 4 is 32.6 Å². The van der Waals surface area contributed by atoms with E-state index >= 15 is 0 Å². The van der Waals surface area contributed by atoms with Gasteiger partial charge in [0, 0.05) is 33.2 Å². The van der Waals surface area contributed by atoms with Crippen molar-refractivity contribution in [1.82, 2.24) is 19.5 Å². The summed E-state index contributed by atoms with van der Waals surface area (Å²) in [4.78, 5) is 15.2. The van der Waals surface area contributed by atoms with E-state index in [-0.39, 0.29) is 0 Å². The lowest BCUT2D eigenvalue weighted by Crippen LogP contribution is -2.01. The van der Waals surface area contributed by atoms with E-state index in [2.05, 4.69) is 162 Å². The van der Waals surface area contributed by atoms with Crippen molar-refractivity contribution in [1.29, 1.82) is 0 Å². The lowest BCUT2D eigenvalue weighted by molar-refractivity contribution is 1.07. The topological polar surface area (TPSA) is 43.6 Å². The highest BCUT2D eigenvalue weighted by molar-refractivity contribution is 6.13. The molecule has 10 aromatic rings. The van der Waals surface area contributed by atoms with Gasteiger partial charge < -0.3 is 4.57 Å². The quantitative estimate of drug-likeness (QED) is 0.176. The SMILES string of the molecule is c1ccc(-c2ccc(-c3nc(-c4ccccc4)nc(-c4ccccc4-c4ccc(-n5c6ccccc6c6cc7ccccc7cc65)cc4)n3)cc2)cc1. The Morgan fingerprint density at radius 3 is 1.51 bits per heavy atom. The molecule has 0 aliphatic carbocycles. The van der Waals surface area contributed by atoms with Crippen LogP contribution in [0.25, 0.3) is 94.7 Å². The molecule has 0 fully saturated rings. The van der Waals surface area contributed by atoms with E-state index in [9.17, 15) is 0 Å². The smallest absolute Gasteiger partial charge is 0.164 e. The van der Waals surface area contributed by atoms with Crippen molar-refractivity contribution in [2.24, 2.45) is 0 Å². The Balaban J connectivity index is 1.08. The van der Waals surface area contributed by atoms with Gasteiger partial charge in [-0.15, -0.1) is 0 Å². The number of rotatable bonds is 6. The van der Waals surface area contributed by atoms with Crippen LogP contribution in [0.4, 0.5) is 0 Å². The van der Waals surface area contributed by atoms with Gasteiger partial charge in [-0.25, -0.2) is 15.0 Å². The Morgan fingerprint density at radius 2 is 0.792 bits per heavy atom. The lowest BCUT2D eigenvalue weighted by Gasteiger charge is -2.13. The van der Waals surface area contributed by atoms with E-state index in [1.165, 1.54) is 38.1 Å². The van der Waals surface area contributed by atoms with Gasteiger partial charge in [-0.1, -0.05) is 164 Å². The van der Waals surface area contributed by atoms with Crippen LogP contribution >= 0.6 is 0 Å². The van der Waals surface area contributed by atoms with Crippen LogP contribution in [0, 0.1) is 0 Å². The summed E-state index contributed by atoms with van der Waals surface area (Å²) < 4.78 is 2.38. The van der Waals surface area contributed by atoms with Gasteiger partial charge in [0.05, 0.1) is 11.0 Å². The Kier molecular flexibility index (Phi) is 7.43. The first kappa shape index (κ1) is 30.6. The monoisotopic (exact) mass is 676 g/mol. The molecule has 0 saturated heterocycles. The van der Waals surface area contributed by atoms with E-state index in [1.807, 2.05) is 36.4 Å². The summed E-state index contributed by atoms with van der Waals surface area (Å²) in [6.45, 7) is 0. The van der Waals surface area contributed by atoms with E-state index in [1.54, 1.807) is 0 Å². The number of nitrogens with zero attached hydrogens (tertiary/aromatic N) is 4. The van der Waals surface area contributed by atoms with Crippen molar-refractivity contribution in [2.45, 2.75) is 0 Å². The largest absolute Gasteiger partial charge is 0.309 e. The molecule has 0 aliphatic rings. The van der Waals surface area contributed by atoms with Crippen molar-refractivity contribution in [2.75, 3.05) is 0 Å². The van der Waals surface area contributed by atoms with Gasteiger partial charge in [-0.2, -0.15) is 0 Å². The second kappa shape index (κ2) is 12.9. The summed E-state index contributed by atoms with van der Waals surface area (Å²) in [5.41, 5.74) is 10.8. The molecule has 10 rings (SSSR count). The summed E-state index contributed by atoms with van der Waals surface area (Å²) in [6, 6.07) is 68.1. The van der Waals surface area contributed by atoms with Gasteiger partial charge in [0.1, 0.15) is 0 Å². The van der Waals surface area contributed by atoms with Gasteiger partial charge in [-0.05, 0) is 63.4 Å². The second-order valence-electron chi connectivity index (χ2n) is 13.3. The van der Waals surface area contributed by atoms with Crippen LogP contribution in [0.5, 0.6) is 0 Å². The molecule has 2 heterocycles. The van der Waals surface area contributed by atoms with Crippen LogP contribution in [0.1, 0.15) is 0 Å². The molecule has 0 saturated carbocycles. The number of hydrogen-bond acceptors (Lipinski definition) is 3. The number of para-hydroxylation sites is 1. The Morgan fingerprint density at radius 1 is 0.302 bits per heavy atom. The Hall–Kier alpha value is -7.17. The van der Waals surface area contributed by atoms with Gasteiger partial charge in [0.15, 0.2) is 17.5 Å². The third-order valence-corrected chi connectivity index (χ3v) is 10.1. The van der Waals surface area contributed by atoms with Crippen molar-refractivity contribution in [3.63, 3.8) is 0 Å². The fourth-order valence-corrected chi connectivity index (χ4v) is 7.44. The highest BCUT2D eigenvalue weighted by Gasteiger charge is 2.17. The van der Waals surface area contributed by atoms with Gasteiger partial charge in [0.25, 0.3) is 0 Å². The van der Waals surface area contributed by atoms with Crippen molar-refractivity contribution in [3.8, 4) is 62.1 Å². The highest BCUT2D eigenvalue weighted by Crippen LogP contribution is 2.37. The fraction of sp³-hybridized carbons (Fsp3) is 0. The summed E-state index contributed by atoms with van der Waals surface area (Å²) >= 11 is 0. The van der Waals surface area contributed by atoms with Crippen LogP contribution < -0.4 is 0 Å². The maximum Gasteiger partial charge on any atom is 0.164 e. The maximum atomic E-state index is 5.11. The normalized spacial score (nSPS) is 11.4. The molecule has 53 heavy (non-hydrogen) atoms. The van der Waals surface area contributed by atoms with Crippen LogP contribution in [-0.2, 0) is 0 Å². The third kappa shape index (κ3) is 5.54. The average Bonchev–Trinajstić information content (AvgIpc) is 3.56. The van der Waals surface area contributed by atoms with Crippen LogP contribution in [0.2, 0.25) is 0 Å². The Bertz CT molecular complexity index is 2910. The standard InChI is InChI=1S/C49H32N4/c1-3-13-33(14-4-1)34-23-25-37(26-24-34)48-50-47(36-15-5-2-6-16-36)51-49(52-48)43-21-10-9-19-41(43)35-27-29-40(30-28-35)53-45-22-12-11-20-42(45)44-31-38-17-7-8-18-39(38)32-46(44)53/h1-32H. The van der Waals surface area contributed by atoms with Crippen molar-refractivity contribution in [3.05, 3.63) is 194 Å². The number of fused-ring (bicyclic) bond motifs is 4. The molecule has 0 radical (unpaired) electrons. The number of aromatic nitrogens is 4. The van der Waals surface area contributed by atoms with E-state index in [0.717, 1.165) is 39.1 Å². The fourth-order valence-electron chi connectivity index (χ4n) is 7.44. The summed E-state index contributed by atoms with van der Waals surface area (Å²) in [5, 5.41) is 4.98. The minimum absolute atomic E-state index is 0.634. The van der Waals surface area contributed by atoms with Crippen LogP contribution in [0.3, 0.4) is 0 Å². The maximum absolute atomic E-state index is 5.11.